The SMILES string of the molecule is CCOC(=O)c1nn(-c2ccccc2)cc1C=NO. The molecule has 1 heterocycles. The molecule has 0 radical (unpaired) electrons. The first kappa shape index (κ1) is 12.8. The van der Waals surface area contributed by atoms with Gasteiger partial charge in [-0.25, -0.2) is 9.48 Å². The summed E-state index contributed by atoms with van der Waals surface area (Å²) < 4.78 is 6.44. The Morgan fingerprint density at radius 2 is 2.21 bits per heavy atom. The first-order chi connectivity index (χ1) is 9.26. The van der Waals surface area contributed by atoms with Crippen LogP contribution in [-0.4, -0.2) is 33.8 Å². The summed E-state index contributed by atoms with van der Waals surface area (Å²) in [6.07, 6.45) is 2.75. The van der Waals surface area contributed by atoms with Gasteiger partial charge in [0.2, 0.25) is 0 Å². The van der Waals surface area contributed by atoms with Crippen LogP contribution in [0.3, 0.4) is 0 Å². The van der Waals surface area contributed by atoms with Gasteiger partial charge in [-0.1, -0.05) is 23.4 Å². The maximum atomic E-state index is 11.7. The third-order valence-electron chi connectivity index (χ3n) is 2.43. The summed E-state index contributed by atoms with van der Waals surface area (Å²) in [5, 5.41) is 15.7. The molecule has 0 fully saturated rings. The van der Waals surface area contributed by atoms with E-state index in [9.17, 15) is 4.79 Å². The van der Waals surface area contributed by atoms with Crippen LogP contribution < -0.4 is 0 Å². The van der Waals surface area contributed by atoms with Gasteiger partial charge in [-0.15, -0.1) is 0 Å². The third kappa shape index (κ3) is 2.79. The summed E-state index contributed by atoms with van der Waals surface area (Å²) in [6, 6.07) is 9.31. The fourth-order valence-corrected chi connectivity index (χ4v) is 1.62. The predicted octanol–water partition coefficient (Wildman–Crippen LogP) is 1.86. The van der Waals surface area contributed by atoms with Crippen molar-refractivity contribution in [3.63, 3.8) is 0 Å². The molecule has 0 atom stereocenters. The van der Waals surface area contributed by atoms with Crippen LogP contribution in [0.5, 0.6) is 0 Å². The molecule has 0 saturated carbocycles. The van der Waals surface area contributed by atoms with Crippen molar-refractivity contribution in [2.24, 2.45) is 5.16 Å². The van der Waals surface area contributed by atoms with Crippen molar-refractivity contribution in [3.05, 3.63) is 47.8 Å². The molecule has 0 amide bonds. The minimum atomic E-state index is -0.549. The minimum absolute atomic E-state index is 0.114. The van der Waals surface area contributed by atoms with Crippen molar-refractivity contribution in [2.75, 3.05) is 6.61 Å². The average Bonchev–Trinajstić information content (AvgIpc) is 2.85. The molecule has 6 heteroatoms. The molecule has 0 aliphatic carbocycles. The van der Waals surface area contributed by atoms with E-state index in [1.54, 1.807) is 13.1 Å². The van der Waals surface area contributed by atoms with E-state index in [1.807, 2.05) is 30.3 Å². The lowest BCUT2D eigenvalue weighted by atomic mass is 10.2. The summed E-state index contributed by atoms with van der Waals surface area (Å²) in [7, 11) is 0. The van der Waals surface area contributed by atoms with Gasteiger partial charge in [0.1, 0.15) is 0 Å². The smallest absolute Gasteiger partial charge is 0.359 e. The van der Waals surface area contributed by atoms with Crippen molar-refractivity contribution in [1.29, 1.82) is 0 Å². The third-order valence-corrected chi connectivity index (χ3v) is 2.43. The van der Waals surface area contributed by atoms with E-state index >= 15 is 0 Å². The topological polar surface area (TPSA) is 76.7 Å². The lowest BCUT2D eigenvalue weighted by Crippen LogP contribution is -2.08. The Labute approximate surface area is 109 Å². The van der Waals surface area contributed by atoms with Crippen LogP contribution in [0.25, 0.3) is 5.69 Å². The Hall–Kier alpha value is -2.63. The standard InChI is InChI=1S/C13H13N3O3/c1-2-19-13(17)12-10(8-14-18)9-16(15-12)11-6-4-3-5-7-11/h3-9,18H,2H2,1H3. The number of para-hydroxylation sites is 1. The fraction of sp³-hybridized carbons (Fsp3) is 0.154. The Kier molecular flexibility index (Phi) is 3.92. The van der Waals surface area contributed by atoms with Gasteiger partial charge in [-0.05, 0) is 19.1 Å². The molecule has 1 aromatic carbocycles. The lowest BCUT2D eigenvalue weighted by molar-refractivity contribution is 0.0519. The van der Waals surface area contributed by atoms with Crippen molar-refractivity contribution in [3.8, 4) is 5.69 Å². The largest absolute Gasteiger partial charge is 0.461 e. The number of carbonyl (C=O) groups is 1. The molecule has 1 aromatic heterocycles. The summed E-state index contributed by atoms with van der Waals surface area (Å²) in [4.78, 5) is 11.7. The van der Waals surface area contributed by atoms with Crippen molar-refractivity contribution >= 4 is 12.2 Å². The van der Waals surface area contributed by atoms with E-state index in [0.717, 1.165) is 11.9 Å². The van der Waals surface area contributed by atoms with Crippen LogP contribution in [0.1, 0.15) is 23.0 Å². The van der Waals surface area contributed by atoms with Gasteiger partial charge in [0.15, 0.2) is 5.69 Å². The first-order valence-electron chi connectivity index (χ1n) is 5.76. The highest BCUT2D eigenvalue weighted by Crippen LogP contribution is 2.12. The number of aromatic nitrogens is 2. The number of oxime groups is 1. The summed E-state index contributed by atoms with van der Waals surface area (Å²) in [5.74, 6) is -0.549. The molecule has 0 unspecified atom stereocenters. The number of rotatable bonds is 4. The predicted molar refractivity (Wildman–Crippen MR) is 68.9 cm³/mol. The van der Waals surface area contributed by atoms with Gasteiger partial charge in [-0.2, -0.15) is 5.10 Å². The number of nitrogens with zero attached hydrogens (tertiary/aromatic N) is 3. The number of hydrogen-bond acceptors (Lipinski definition) is 5. The zero-order chi connectivity index (χ0) is 13.7. The van der Waals surface area contributed by atoms with Crippen LogP contribution in [0.2, 0.25) is 0 Å². The highest BCUT2D eigenvalue weighted by atomic mass is 16.5. The summed E-state index contributed by atoms with van der Waals surface area (Å²) in [6.45, 7) is 1.97. The van der Waals surface area contributed by atoms with E-state index in [4.69, 9.17) is 9.94 Å². The molecule has 0 spiro atoms. The number of benzene rings is 1. The van der Waals surface area contributed by atoms with Crippen LogP contribution >= 0.6 is 0 Å². The maximum Gasteiger partial charge on any atom is 0.359 e. The van der Waals surface area contributed by atoms with E-state index in [0.29, 0.717) is 5.56 Å². The highest BCUT2D eigenvalue weighted by Gasteiger charge is 2.17. The molecule has 0 aliphatic rings. The molecule has 19 heavy (non-hydrogen) atoms. The number of esters is 1. The van der Waals surface area contributed by atoms with Gasteiger partial charge in [-0.3, -0.25) is 0 Å². The number of carbonyl (C=O) groups excluding carboxylic acids is 1. The summed E-state index contributed by atoms with van der Waals surface area (Å²) >= 11 is 0. The van der Waals surface area contributed by atoms with E-state index in [2.05, 4.69) is 10.3 Å². The fourth-order valence-electron chi connectivity index (χ4n) is 1.62. The van der Waals surface area contributed by atoms with Crippen LogP contribution in [0.15, 0.2) is 41.7 Å². The number of hydrogen-bond donors (Lipinski definition) is 1. The van der Waals surface area contributed by atoms with E-state index in [1.165, 1.54) is 4.68 Å². The molecule has 1 N–H and O–H groups in total. The Bertz CT molecular complexity index is 590. The van der Waals surface area contributed by atoms with Gasteiger partial charge >= 0.3 is 5.97 Å². The molecular weight excluding hydrogens is 246 g/mol. The van der Waals surface area contributed by atoms with Gasteiger partial charge in [0.25, 0.3) is 0 Å². The summed E-state index contributed by atoms with van der Waals surface area (Å²) in [5.41, 5.74) is 1.30. The zero-order valence-electron chi connectivity index (χ0n) is 10.4. The quantitative estimate of drug-likeness (QED) is 0.393. The normalized spacial score (nSPS) is 10.8. The second kappa shape index (κ2) is 5.81. The number of ether oxygens (including phenoxy) is 1. The first-order valence-corrected chi connectivity index (χ1v) is 5.76. The van der Waals surface area contributed by atoms with Gasteiger partial charge in [0.05, 0.1) is 18.5 Å². The van der Waals surface area contributed by atoms with Crippen molar-refractivity contribution in [2.45, 2.75) is 6.92 Å². The van der Waals surface area contributed by atoms with Crippen LogP contribution in [0, 0.1) is 0 Å². The Balaban J connectivity index is 2.43. The van der Waals surface area contributed by atoms with Gasteiger partial charge in [0, 0.05) is 11.8 Å². The van der Waals surface area contributed by atoms with Crippen molar-refractivity contribution in [1.82, 2.24) is 9.78 Å². The molecule has 6 nitrogen and oxygen atoms in total. The Morgan fingerprint density at radius 3 is 2.84 bits per heavy atom. The van der Waals surface area contributed by atoms with Crippen molar-refractivity contribution < 1.29 is 14.7 Å². The highest BCUT2D eigenvalue weighted by molar-refractivity contribution is 5.97. The molecule has 0 bridgehead atoms. The minimum Gasteiger partial charge on any atom is -0.461 e. The second-order valence-corrected chi connectivity index (χ2v) is 3.68. The van der Waals surface area contributed by atoms with Crippen LogP contribution in [0.4, 0.5) is 0 Å². The Morgan fingerprint density at radius 1 is 1.47 bits per heavy atom. The molecule has 2 rings (SSSR count). The zero-order valence-corrected chi connectivity index (χ0v) is 10.4. The molecule has 0 saturated heterocycles. The second-order valence-electron chi connectivity index (χ2n) is 3.68. The molecule has 98 valence electrons. The molecule has 0 aliphatic heterocycles. The maximum absolute atomic E-state index is 11.7. The van der Waals surface area contributed by atoms with E-state index in [-0.39, 0.29) is 12.3 Å². The lowest BCUT2D eigenvalue weighted by Gasteiger charge is -2.00. The molecule has 2 aromatic rings. The van der Waals surface area contributed by atoms with Gasteiger partial charge < -0.3 is 9.94 Å². The van der Waals surface area contributed by atoms with E-state index < -0.39 is 5.97 Å². The molecular formula is C13H13N3O3. The van der Waals surface area contributed by atoms with Crippen LogP contribution in [-0.2, 0) is 4.74 Å². The monoisotopic (exact) mass is 259 g/mol. The average molecular weight is 259 g/mol.